The molecule has 162 valence electrons. The molecule has 0 radical (unpaired) electrons. The van der Waals surface area contributed by atoms with Crippen molar-refractivity contribution < 1.29 is 14.2 Å². The molecule has 0 aromatic heterocycles. The van der Waals surface area contributed by atoms with Crippen LogP contribution in [0.25, 0.3) is 0 Å². The average molecular weight is 449 g/mol. The molecule has 0 atom stereocenters. The lowest BCUT2D eigenvalue weighted by Crippen LogP contribution is -2.41. The molecule has 1 N–H and O–H groups in total. The Labute approximate surface area is 189 Å². The number of thiocarbonyl (C=S) groups is 1. The quantitative estimate of drug-likeness (QED) is 0.538. The van der Waals surface area contributed by atoms with Gasteiger partial charge in [0, 0.05) is 28.9 Å². The van der Waals surface area contributed by atoms with E-state index in [0.29, 0.717) is 34.9 Å². The van der Waals surface area contributed by atoms with Gasteiger partial charge in [-0.3, -0.25) is 0 Å². The smallest absolute Gasteiger partial charge is 0.203 e. The zero-order valence-corrected chi connectivity index (χ0v) is 19.5. The fraction of sp³-hybridized carbons (Fsp3) is 0.435. The minimum atomic E-state index is 0.385. The molecule has 1 aliphatic carbocycles. The molecule has 2 aromatic carbocycles. The van der Waals surface area contributed by atoms with Gasteiger partial charge in [0.05, 0.1) is 21.3 Å². The third-order valence-electron chi connectivity index (χ3n) is 5.56. The van der Waals surface area contributed by atoms with Crippen molar-refractivity contribution >= 4 is 34.6 Å². The molecule has 0 aliphatic heterocycles. The van der Waals surface area contributed by atoms with Gasteiger partial charge >= 0.3 is 0 Å². The fourth-order valence-corrected chi connectivity index (χ4v) is 4.42. The Morgan fingerprint density at radius 1 is 1.07 bits per heavy atom. The maximum absolute atomic E-state index is 6.17. The number of hydrogen-bond donors (Lipinski definition) is 1. The van der Waals surface area contributed by atoms with Crippen LogP contribution in [0.15, 0.2) is 30.3 Å². The van der Waals surface area contributed by atoms with E-state index in [4.69, 9.17) is 38.0 Å². The zero-order valence-electron chi connectivity index (χ0n) is 18.0. The van der Waals surface area contributed by atoms with Crippen LogP contribution in [0.3, 0.4) is 0 Å². The second kappa shape index (κ2) is 10.2. The predicted molar refractivity (Wildman–Crippen MR) is 126 cm³/mol. The molecule has 0 spiro atoms. The molecule has 0 amide bonds. The summed E-state index contributed by atoms with van der Waals surface area (Å²) in [6.07, 6.45) is 4.67. The molecule has 3 rings (SSSR count). The van der Waals surface area contributed by atoms with E-state index in [1.807, 2.05) is 37.3 Å². The van der Waals surface area contributed by atoms with Crippen molar-refractivity contribution in [2.24, 2.45) is 0 Å². The first-order valence-electron chi connectivity index (χ1n) is 10.1. The van der Waals surface area contributed by atoms with Gasteiger partial charge in [-0.1, -0.05) is 24.4 Å². The summed E-state index contributed by atoms with van der Waals surface area (Å²) in [4.78, 5) is 2.26. The molecule has 0 bridgehead atoms. The van der Waals surface area contributed by atoms with Crippen molar-refractivity contribution in [2.45, 2.75) is 45.2 Å². The van der Waals surface area contributed by atoms with Gasteiger partial charge in [-0.15, -0.1) is 0 Å². The van der Waals surface area contributed by atoms with Crippen molar-refractivity contribution in [3.63, 3.8) is 0 Å². The van der Waals surface area contributed by atoms with Gasteiger partial charge in [0.1, 0.15) is 0 Å². The Bertz CT molecular complexity index is 900. The molecule has 7 heteroatoms. The van der Waals surface area contributed by atoms with E-state index in [1.165, 1.54) is 12.8 Å². The Morgan fingerprint density at radius 3 is 2.37 bits per heavy atom. The Balaban J connectivity index is 1.89. The van der Waals surface area contributed by atoms with E-state index in [0.717, 1.165) is 34.7 Å². The summed E-state index contributed by atoms with van der Waals surface area (Å²) in [7, 11) is 4.89. The summed E-state index contributed by atoms with van der Waals surface area (Å²) in [5, 5.41) is 4.84. The second-order valence-corrected chi connectivity index (χ2v) is 8.25. The number of methoxy groups -OCH3 is 3. The van der Waals surface area contributed by atoms with Crippen LogP contribution in [0.2, 0.25) is 5.02 Å². The monoisotopic (exact) mass is 448 g/mol. The van der Waals surface area contributed by atoms with Crippen LogP contribution in [0.1, 0.15) is 36.8 Å². The minimum absolute atomic E-state index is 0.385. The minimum Gasteiger partial charge on any atom is -0.493 e. The maximum atomic E-state index is 6.17. The standard InChI is InChI=1S/C23H29ClN2O3S/c1-15-13-17(10-11-19(15)24)25-23(30)26(18-7-5-6-8-18)14-16-9-12-20(27-2)22(29-4)21(16)28-3/h9-13,18H,5-8,14H2,1-4H3,(H,25,30). The molecular formula is C23H29ClN2O3S. The zero-order chi connectivity index (χ0) is 21.7. The highest BCUT2D eigenvalue weighted by Crippen LogP contribution is 2.41. The van der Waals surface area contributed by atoms with Gasteiger partial charge in [0.15, 0.2) is 16.6 Å². The van der Waals surface area contributed by atoms with Gasteiger partial charge in [-0.05, 0) is 67.9 Å². The van der Waals surface area contributed by atoms with Gasteiger partial charge in [-0.25, -0.2) is 0 Å². The second-order valence-electron chi connectivity index (χ2n) is 7.45. The van der Waals surface area contributed by atoms with Crippen molar-refractivity contribution in [3.8, 4) is 17.2 Å². The summed E-state index contributed by atoms with van der Waals surface area (Å²) in [6, 6.07) is 10.2. The highest BCUT2D eigenvalue weighted by molar-refractivity contribution is 7.80. The summed E-state index contributed by atoms with van der Waals surface area (Å²) in [5.41, 5.74) is 2.95. The lowest BCUT2D eigenvalue weighted by Gasteiger charge is -2.32. The number of rotatable bonds is 7. The van der Waals surface area contributed by atoms with E-state index >= 15 is 0 Å². The van der Waals surface area contributed by atoms with Crippen LogP contribution in [-0.2, 0) is 6.54 Å². The summed E-state index contributed by atoms with van der Waals surface area (Å²) in [5.74, 6) is 1.91. The Kier molecular flexibility index (Phi) is 7.67. The third-order valence-corrected chi connectivity index (χ3v) is 6.32. The number of nitrogens with one attached hydrogen (secondary N) is 1. The number of halogens is 1. The SMILES string of the molecule is COc1ccc(CN(C(=S)Nc2ccc(Cl)c(C)c2)C2CCCC2)c(OC)c1OC. The number of aryl methyl sites for hydroxylation is 1. The lowest BCUT2D eigenvalue weighted by atomic mass is 10.1. The fourth-order valence-electron chi connectivity index (χ4n) is 3.97. The maximum Gasteiger partial charge on any atom is 0.203 e. The van der Waals surface area contributed by atoms with E-state index in [1.54, 1.807) is 21.3 Å². The topological polar surface area (TPSA) is 43.0 Å². The highest BCUT2D eigenvalue weighted by Gasteiger charge is 2.27. The first kappa shape index (κ1) is 22.5. The van der Waals surface area contributed by atoms with Crippen molar-refractivity contribution in [2.75, 3.05) is 26.6 Å². The molecular weight excluding hydrogens is 420 g/mol. The van der Waals surface area contributed by atoms with Crippen molar-refractivity contribution in [1.82, 2.24) is 4.90 Å². The number of hydrogen-bond acceptors (Lipinski definition) is 4. The van der Waals surface area contributed by atoms with Crippen LogP contribution >= 0.6 is 23.8 Å². The van der Waals surface area contributed by atoms with E-state index < -0.39 is 0 Å². The van der Waals surface area contributed by atoms with Gasteiger partial charge in [0.25, 0.3) is 0 Å². The molecule has 1 aliphatic rings. The number of benzene rings is 2. The van der Waals surface area contributed by atoms with Crippen LogP contribution in [0, 0.1) is 6.92 Å². The highest BCUT2D eigenvalue weighted by atomic mass is 35.5. The molecule has 1 saturated carbocycles. The summed E-state index contributed by atoms with van der Waals surface area (Å²) < 4.78 is 16.7. The van der Waals surface area contributed by atoms with Gasteiger partial charge in [-0.2, -0.15) is 0 Å². The van der Waals surface area contributed by atoms with Crippen LogP contribution in [0.4, 0.5) is 5.69 Å². The number of anilines is 1. The van der Waals surface area contributed by atoms with Crippen LogP contribution in [0.5, 0.6) is 17.2 Å². The predicted octanol–water partition coefficient (Wildman–Crippen LogP) is 5.82. The van der Waals surface area contributed by atoms with Crippen molar-refractivity contribution in [3.05, 3.63) is 46.5 Å². The first-order valence-corrected chi connectivity index (χ1v) is 10.9. The number of ether oxygens (including phenoxy) is 3. The van der Waals surface area contributed by atoms with E-state index in [-0.39, 0.29) is 0 Å². The molecule has 2 aromatic rings. The third kappa shape index (κ3) is 4.93. The molecule has 1 fully saturated rings. The van der Waals surface area contributed by atoms with Crippen molar-refractivity contribution in [1.29, 1.82) is 0 Å². The molecule has 0 saturated heterocycles. The molecule has 5 nitrogen and oxygen atoms in total. The largest absolute Gasteiger partial charge is 0.493 e. The lowest BCUT2D eigenvalue weighted by molar-refractivity contribution is 0.295. The van der Waals surface area contributed by atoms with Crippen LogP contribution in [-0.4, -0.2) is 37.4 Å². The Morgan fingerprint density at radius 2 is 1.77 bits per heavy atom. The average Bonchev–Trinajstić information content (AvgIpc) is 3.28. The number of nitrogens with zero attached hydrogens (tertiary/aromatic N) is 1. The first-order chi connectivity index (χ1) is 14.5. The van der Waals surface area contributed by atoms with Gasteiger partial charge < -0.3 is 24.4 Å². The summed E-state index contributed by atoms with van der Waals surface area (Å²) in [6.45, 7) is 2.60. The molecule has 0 unspecified atom stereocenters. The molecule has 30 heavy (non-hydrogen) atoms. The summed E-state index contributed by atoms with van der Waals surface area (Å²) >= 11 is 12.0. The van der Waals surface area contributed by atoms with E-state index in [9.17, 15) is 0 Å². The van der Waals surface area contributed by atoms with E-state index in [2.05, 4.69) is 10.2 Å². The Hall–Kier alpha value is -2.18. The normalized spacial score (nSPS) is 13.8. The van der Waals surface area contributed by atoms with Gasteiger partial charge in [0.2, 0.25) is 5.75 Å². The van der Waals surface area contributed by atoms with Crippen LogP contribution < -0.4 is 19.5 Å². The molecule has 0 heterocycles.